The van der Waals surface area contributed by atoms with Gasteiger partial charge in [0.2, 0.25) is 0 Å². The summed E-state index contributed by atoms with van der Waals surface area (Å²) in [5.41, 5.74) is 2.53. The third-order valence-electron chi connectivity index (χ3n) is 3.56. The second-order valence-corrected chi connectivity index (χ2v) is 5.38. The number of benzene rings is 2. The largest absolute Gasteiger partial charge is 0.491 e. The van der Waals surface area contributed by atoms with Crippen molar-refractivity contribution in [1.29, 1.82) is 0 Å². The Morgan fingerprint density at radius 3 is 2.62 bits per heavy atom. The Kier molecular flexibility index (Phi) is 6.14. The Labute approximate surface area is 128 Å². The van der Waals surface area contributed by atoms with Crippen molar-refractivity contribution >= 4 is 5.69 Å². The fourth-order valence-electron chi connectivity index (χ4n) is 2.16. The molecule has 2 aromatic rings. The minimum absolute atomic E-state index is 0.262. The molecule has 0 saturated heterocycles. The molecule has 0 fully saturated rings. The summed E-state index contributed by atoms with van der Waals surface area (Å²) in [5, 5.41) is 3.47. The monoisotopic (exact) mass is 283 g/mol. The van der Waals surface area contributed by atoms with Gasteiger partial charge in [0.1, 0.15) is 5.75 Å². The highest BCUT2D eigenvalue weighted by molar-refractivity contribution is 5.48. The Morgan fingerprint density at radius 2 is 1.86 bits per heavy atom. The van der Waals surface area contributed by atoms with E-state index in [1.165, 1.54) is 5.56 Å². The Hall–Kier alpha value is -1.96. The molecule has 1 atom stereocenters. The molecule has 2 aromatic carbocycles. The molecule has 0 spiro atoms. The summed E-state index contributed by atoms with van der Waals surface area (Å²) in [6, 6.07) is 18.8. The van der Waals surface area contributed by atoms with E-state index in [1.807, 2.05) is 12.1 Å². The smallest absolute Gasteiger partial charge is 0.121 e. The van der Waals surface area contributed by atoms with Crippen LogP contribution < -0.4 is 10.1 Å². The highest BCUT2D eigenvalue weighted by Crippen LogP contribution is 2.19. The van der Waals surface area contributed by atoms with Crippen LogP contribution in [0.3, 0.4) is 0 Å². The van der Waals surface area contributed by atoms with E-state index >= 15 is 0 Å². The standard InChI is InChI=1S/C19H25NO/c1-3-16(2)21-19-13-7-12-18(15-19)20-14-8-11-17-9-5-4-6-10-17/h4-7,9-10,12-13,15-16,20H,3,8,11,14H2,1-2H3. The number of hydrogen-bond acceptors (Lipinski definition) is 2. The zero-order valence-corrected chi connectivity index (χ0v) is 13.0. The molecule has 0 amide bonds. The summed E-state index contributed by atoms with van der Waals surface area (Å²) in [5.74, 6) is 0.942. The minimum Gasteiger partial charge on any atom is -0.491 e. The van der Waals surface area contributed by atoms with E-state index in [1.54, 1.807) is 0 Å². The lowest BCUT2D eigenvalue weighted by atomic mass is 10.1. The molecule has 0 heterocycles. The first-order valence-electron chi connectivity index (χ1n) is 7.82. The molecular formula is C19H25NO. The average Bonchev–Trinajstić information content (AvgIpc) is 2.53. The number of ether oxygens (including phenoxy) is 1. The zero-order valence-electron chi connectivity index (χ0n) is 13.0. The van der Waals surface area contributed by atoms with Gasteiger partial charge in [0.15, 0.2) is 0 Å². The SMILES string of the molecule is CCC(C)Oc1cccc(NCCCc2ccccc2)c1. The number of hydrogen-bond donors (Lipinski definition) is 1. The summed E-state index contributed by atoms with van der Waals surface area (Å²) in [4.78, 5) is 0. The lowest BCUT2D eigenvalue weighted by molar-refractivity contribution is 0.217. The molecule has 0 aromatic heterocycles. The molecule has 1 N–H and O–H groups in total. The molecule has 0 radical (unpaired) electrons. The lowest BCUT2D eigenvalue weighted by Crippen LogP contribution is -2.10. The van der Waals surface area contributed by atoms with Gasteiger partial charge in [-0.05, 0) is 43.9 Å². The van der Waals surface area contributed by atoms with Crippen LogP contribution in [0.1, 0.15) is 32.3 Å². The maximum atomic E-state index is 5.84. The van der Waals surface area contributed by atoms with Crippen molar-refractivity contribution in [2.45, 2.75) is 39.2 Å². The van der Waals surface area contributed by atoms with Crippen molar-refractivity contribution in [3.05, 3.63) is 60.2 Å². The number of anilines is 1. The van der Waals surface area contributed by atoms with Crippen LogP contribution in [0.5, 0.6) is 5.75 Å². The molecule has 0 aliphatic heterocycles. The highest BCUT2D eigenvalue weighted by Gasteiger charge is 2.01. The predicted octanol–water partition coefficient (Wildman–Crippen LogP) is 4.91. The first kappa shape index (κ1) is 15.4. The maximum absolute atomic E-state index is 5.84. The van der Waals surface area contributed by atoms with Crippen molar-refractivity contribution in [3.63, 3.8) is 0 Å². The second-order valence-electron chi connectivity index (χ2n) is 5.38. The molecule has 0 aliphatic rings. The van der Waals surface area contributed by atoms with Crippen molar-refractivity contribution in [2.24, 2.45) is 0 Å². The number of nitrogens with one attached hydrogen (secondary N) is 1. The van der Waals surface area contributed by atoms with Gasteiger partial charge < -0.3 is 10.1 Å². The molecule has 0 aliphatic carbocycles. The lowest BCUT2D eigenvalue weighted by Gasteiger charge is -2.14. The molecule has 0 saturated carbocycles. The van der Waals surface area contributed by atoms with Crippen LogP contribution in [0, 0.1) is 0 Å². The summed E-state index contributed by atoms with van der Waals surface area (Å²) in [7, 11) is 0. The van der Waals surface area contributed by atoms with Crippen LogP contribution in [-0.4, -0.2) is 12.6 Å². The van der Waals surface area contributed by atoms with E-state index in [9.17, 15) is 0 Å². The molecule has 1 unspecified atom stereocenters. The van der Waals surface area contributed by atoms with Crippen LogP contribution >= 0.6 is 0 Å². The minimum atomic E-state index is 0.262. The second kappa shape index (κ2) is 8.35. The molecule has 2 nitrogen and oxygen atoms in total. The van der Waals surface area contributed by atoms with Crippen molar-refractivity contribution in [3.8, 4) is 5.75 Å². The number of aryl methyl sites for hydroxylation is 1. The highest BCUT2D eigenvalue weighted by atomic mass is 16.5. The van der Waals surface area contributed by atoms with E-state index < -0.39 is 0 Å². The number of rotatable bonds is 8. The van der Waals surface area contributed by atoms with Crippen LogP contribution in [0.25, 0.3) is 0 Å². The van der Waals surface area contributed by atoms with Gasteiger partial charge in [-0.1, -0.05) is 43.3 Å². The van der Waals surface area contributed by atoms with E-state index in [0.717, 1.165) is 37.2 Å². The van der Waals surface area contributed by atoms with Gasteiger partial charge in [-0.15, -0.1) is 0 Å². The van der Waals surface area contributed by atoms with Gasteiger partial charge in [-0.25, -0.2) is 0 Å². The van der Waals surface area contributed by atoms with Crippen LogP contribution in [0.4, 0.5) is 5.69 Å². The van der Waals surface area contributed by atoms with Gasteiger partial charge in [0, 0.05) is 18.3 Å². The normalized spacial score (nSPS) is 11.9. The van der Waals surface area contributed by atoms with Crippen LogP contribution in [0.2, 0.25) is 0 Å². The Morgan fingerprint density at radius 1 is 1.05 bits per heavy atom. The zero-order chi connectivity index (χ0) is 14.9. The molecule has 21 heavy (non-hydrogen) atoms. The quantitative estimate of drug-likeness (QED) is 0.695. The fraction of sp³-hybridized carbons (Fsp3) is 0.368. The molecule has 0 bridgehead atoms. The molecule has 2 rings (SSSR count). The van der Waals surface area contributed by atoms with Crippen molar-refractivity contribution < 1.29 is 4.74 Å². The molecular weight excluding hydrogens is 258 g/mol. The maximum Gasteiger partial charge on any atom is 0.121 e. The van der Waals surface area contributed by atoms with Crippen LogP contribution in [0.15, 0.2) is 54.6 Å². The molecule has 2 heteroatoms. The Bertz CT molecular complexity index is 524. The first-order chi connectivity index (χ1) is 10.3. The van der Waals surface area contributed by atoms with E-state index in [-0.39, 0.29) is 6.10 Å². The van der Waals surface area contributed by atoms with Crippen LogP contribution in [-0.2, 0) is 6.42 Å². The van der Waals surface area contributed by atoms with Gasteiger partial charge in [0.25, 0.3) is 0 Å². The van der Waals surface area contributed by atoms with Gasteiger partial charge in [-0.2, -0.15) is 0 Å². The van der Waals surface area contributed by atoms with Gasteiger partial charge >= 0.3 is 0 Å². The summed E-state index contributed by atoms with van der Waals surface area (Å²) in [6.07, 6.45) is 3.52. The summed E-state index contributed by atoms with van der Waals surface area (Å²) >= 11 is 0. The topological polar surface area (TPSA) is 21.3 Å². The van der Waals surface area contributed by atoms with E-state index in [2.05, 4.69) is 61.6 Å². The summed E-state index contributed by atoms with van der Waals surface area (Å²) < 4.78 is 5.84. The van der Waals surface area contributed by atoms with Crippen molar-refractivity contribution in [1.82, 2.24) is 0 Å². The van der Waals surface area contributed by atoms with Crippen molar-refractivity contribution in [2.75, 3.05) is 11.9 Å². The van der Waals surface area contributed by atoms with Gasteiger partial charge in [0.05, 0.1) is 6.10 Å². The third kappa shape index (κ3) is 5.50. The Balaban J connectivity index is 1.76. The average molecular weight is 283 g/mol. The summed E-state index contributed by atoms with van der Waals surface area (Å²) in [6.45, 7) is 5.21. The first-order valence-corrected chi connectivity index (χ1v) is 7.82. The van der Waals surface area contributed by atoms with Gasteiger partial charge in [-0.3, -0.25) is 0 Å². The third-order valence-corrected chi connectivity index (χ3v) is 3.56. The molecule has 112 valence electrons. The fourth-order valence-corrected chi connectivity index (χ4v) is 2.16. The van der Waals surface area contributed by atoms with E-state index in [4.69, 9.17) is 4.74 Å². The predicted molar refractivity (Wildman–Crippen MR) is 90.1 cm³/mol. The van der Waals surface area contributed by atoms with E-state index in [0.29, 0.717) is 0 Å².